The first-order valence-electron chi connectivity index (χ1n) is 6.63. The lowest BCUT2D eigenvalue weighted by Gasteiger charge is -2.33. The van der Waals surface area contributed by atoms with E-state index in [1.165, 1.54) is 11.1 Å². The maximum absolute atomic E-state index is 4.29. The van der Waals surface area contributed by atoms with E-state index in [1.54, 1.807) is 12.7 Å². The number of rotatable bonds is 2. The Morgan fingerprint density at radius 3 is 2.42 bits per heavy atom. The van der Waals surface area contributed by atoms with Gasteiger partial charge >= 0.3 is 0 Å². The van der Waals surface area contributed by atoms with Gasteiger partial charge in [-0.05, 0) is 37.8 Å². The van der Waals surface area contributed by atoms with Crippen molar-refractivity contribution < 1.29 is 0 Å². The summed E-state index contributed by atoms with van der Waals surface area (Å²) in [7, 11) is 0. The number of aromatic nitrogens is 5. The van der Waals surface area contributed by atoms with Gasteiger partial charge in [-0.3, -0.25) is 0 Å². The van der Waals surface area contributed by atoms with Crippen molar-refractivity contribution in [3.05, 3.63) is 30.0 Å². The Balaban J connectivity index is 1.72. The van der Waals surface area contributed by atoms with Crippen molar-refractivity contribution in [2.24, 2.45) is 0 Å². The molecule has 1 fully saturated rings. The van der Waals surface area contributed by atoms with E-state index < -0.39 is 0 Å². The quantitative estimate of drug-likeness (QED) is 0.817. The van der Waals surface area contributed by atoms with Crippen LogP contribution in [0.4, 0.5) is 5.82 Å². The molecular formula is C13H18N6. The Labute approximate surface area is 112 Å². The molecule has 0 amide bonds. The Hall–Kier alpha value is -1.98. The van der Waals surface area contributed by atoms with E-state index >= 15 is 0 Å². The fourth-order valence-electron chi connectivity index (χ4n) is 2.59. The molecule has 0 saturated carbocycles. The van der Waals surface area contributed by atoms with Crippen molar-refractivity contribution >= 4 is 5.82 Å². The molecule has 1 saturated heterocycles. The second kappa shape index (κ2) is 4.95. The van der Waals surface area contributed by atoms with Crippen LogP contribution in [0.1, 0.15) is 30.0 Å². The highest BCUT2D eigenvalue weighted by molar-refractivity contribution is 5.48. The van der Waals surface area contributed by atoms with E-state index in [-0.39, 0.29) is 0 Å². The fraction of sp³-hybridized carbons (Fsp3) is 0.538. The van der Waals surface area contributed by atoms with Gasteiger partial charge in [-0.2, -0.15) is 5.10 Å². The third-order valence-electron chi connectivity index (χ3n) is 3.95. The van der Waals surface area contributed by atoms with Crippen molar-refractivity contribution in [1.29, 1.82) is 0 Å². The van der Waals surface area contributed by atoms with Gasteiger partial charge in [-0.1, -0.05) is 0 Å². The SMILES string of the molecule is Cc1cnnc(N2CCC(n3cnnc3)CC2)c1C. The topological polar surface area (TPSA) is 59.7 Å². The lowest BCUT2D eigenvalue weighted by atomic mass is 10.0. The number of nitrogens with zero attached hydrogens (tertiary/aromatic N) is 6. The van der Waals surface area contributed by atoms with Gasteiger partial charge in [0.2, 0.25) is 0 Å². The summed E-state index contributed by atoms with van der Waals surface area (Å²) in [6, 6.07) is 0.504. The van der Waals surface area contributed by atoms with Crippen LogP contribution in [0.15, 0.2) is 18.9 Å². The van der Waals surface area contributed by atoms with Crippen molar-refractivity contribution in [3.8, 4) is 0 Å². The molecule has 1 aliphatic rings. The summed E-state index contributed by atoms with van der Waals surface area (Å²) >= 11 is 0. The maximum Gasteiger partial charge on any atom is 0.154 e. The molecule has 0 bridgehead atoms. The Morgan fingerprint density at radius 1 is 1.05 bits per heavy atom. The van der Waals surface area contributed by atoms with Gasteiger partial charge in [-0.25, -0.2) is 0 Å². The summed E-state index contributed by atoms with van der Waals surface area (Å²) < 4.78 is 2.10. The first-order chi connectivity index (χ1) is 9.25. The fourth-order valence-corrected chi connectivity index (χ4v) is 2.59. The molecule has 100 valence electrons. The van der Waals surface area contributed by atoms with Crippen LogP contribution in [0.3, 0.4) is 0 Å². The Morgan fingerprint density at radius 2 is 1.74 bits per heavy atom. The highest BCUT2D eigenvalue weighted by atomic mass is 15.3. The zero-order valence-electron chi connectivity index (χ0n) is 11.3. The van der Waals surface area contributed by atoms with Gasteiger partial charge in [0.25, 0.3) is 0 Å². The molecule has 0 unspecified atom stereocenters. The van der Waals surface area contributed by atoms with Gasteiger partial charge in [0.15, 0.2) is 5.82 Å². The summed E-state index contributed by atoms with van der Waals surface area (Å²) in [5.41, 5.74) is 2.43. The van der Waals surface area contributed by atoms with Gasteiger partial charge < -0.3 is 9.47 Å². The molecule has 0 aromatic carbocycles. The molecule has 0 N–H and O–H groups in total. The second-order valence-corrected chi connectivity index (χ2v) is 5.10. The number of hydrogen-bond donors (Lipinski definition) is 0. The minimum atomic E-state index is 0.504. The number of piperidine rings is 1. The summed E-state index contributed by atoms with van der Waals surface area (Å²) in [5.74, 6) is 1.03. The average molecular weight is 258 g/mol. The molecule has 0 radical (unpaired) electrons. The molecule has 3 rings (SSSR count). The molecule has 19 heavy (non-hydrogen) atoms. The predicted molar refractivity (Wildman–Crippen MR) is 72.0 cm³/mol. The molecule has 0 aliphatic carbocycles. The average Bonchev–Trinajstić information content (AvgIpc) is 2.96. The molecule has 1 aliphatic heterocycles. The van der Waals surface area contributed by atoms with Crippen LogP contribution in [-0.2, 0) is 0 Å². The predicted octanol–water partition coefficient (Wildman–Crippen LogP) is 1.53. The Kier molecular flexibility index (Phi) is 3.15. The lowest BCUT2D eigenvalue weighted by Crippen LogP contribution is -2.35. The molecule has 2 aromatic rings. The van der Waals surface area contributed by atoms with E-state index in [9.17, 15) is 0 Å². The van der Waals surface area contributed by atoms with Gasteiger partial charge in [0.05, 0.1) is 6.20 Å². The van der Waals surface area contributed by atoms with Gasteiger partial charge in [-0.15, -0.1) is 15.3 Å². The van der Waals surface area contributed by atoms with Crippen LogP contribution in [0.2, 0.25) is 0 Å². The van der Waals surface area contributed by atoms with E-state index in [1.807, 2.05) is 6.20 Å². The second-order valence-electron chi connectivity index (χ2n) is 5.10. The lowest BCUT2D eigenvalue weighted by molar-refractivity contribution is 0.393. The highest BCUT2D eigenvalue weighted by Gasteiger charge is 2.22. The van der Waals surface area contributed by atoms with Crippen LogP contribution in [-0.4, -0.2) is 38.1 Å². The molecule has 6 heteroatoms. The minimum absolute atomic E-state index is 0.504. The van der Waals surface area contributed by atoms with Crippen LogP contribution in [0.5, 0.6) is 0 Å². The van der Waals surface area contributed by atoms with Crippen LogP contribution in [0.25, 0.3) is 0 Å². The van der Waals surface area contributed by atoms with E-state index in [2.05, 4.69) is 43.7 Å². The van der Waals surface area contributed by atoms with E-state index in [0.717, 1.165) is 31.7 Å². The monoisotopic (exact) mass is 258 g/mol. The molecular weight excluding hydrogens is 240 g/mol. The number of hydrogen-bond acceptors (Lipinski definition) is 5. The number of anilines is 1. The molecule has 2 aromatic heterocycles. The zero-order valence-corrected chi connectivity index (χ0v) is 11.3. The van der Waals surface area contributed by atoms with E-state index in [0.29, 0.717) is 6.04 Å². The molecule has 0 atom stereocenters. The molecule has 0 spiro atoms. The smallest absolute Gasteiger partial charge is 0.154 e. The van der Waals surface area contributed by atoms with Gasteiger partial charge in [0, 0.05) is 19.1 Å². The van der Waals surface area contributed by atoms with Crippen LogP contribution in [0, 0.1) is 13.8 Å². The zero-order chi connectivity index (χ0) is 13.2. The summed E-state index contributed by atoms with van der Waals surface area (Å²) in [6.07, 6.45) is 7.61. The summed E-state index contributed by atoms with van der Waals surface area (Å²) in [4.78, 5) is 2.33. The first kappa shape index (κ1) is 12.1. The standard InChI is InChI=1S/C13H18N6/c1-10-7-14-17-13(11(10)2)18-5-3-12(4-6-18)19-8-15-16-9-19/h7-9,12H,3-6H2,1-2H3. The van der Waals surface area contributed by atoms with Gasteiger partial charge in [0.1, 0.15) is 12.7 Å². The highest BCUT2D eigenvalue weighted by Crippen LogP contribution is 2.27. The number of aryl methyl sites for hydroxylation is 1. The normalized spacial score (nSPS) is 16.8. The molecule has 6 nitrogen and oxygen atoms in total. The Bertz CT molecular complexity index is 542. The summed E-state index contributed by atoms with van der Waals surface area (Å²) in [5, 5.41) is 16.1. The first-order valence-corrected chi connectivity index (χ1v) is 6.63. The minimum Gasteiger partial charge on any atom is -0.355 e. The van der Waals surface area contributed by atoms with Crippen LogP contribution < -0.4 is 4.90 Å². The largest absolute Gasteiger partial charge is 0.355 e. The van der Waals surface area contributed by atoms with Crippen molar-refractivity contribution in [2.45, 2.75) is 32.7 Å². The van der Waals surface area contributed by atoms with Crippen molar-refractivity contribution in [1.82, 2.24) is 25.0 Å². The van der Waals surface area contributed by atoms with Crippen molar-refractivity contribution in [3.63, 3.8) is 0 Å². The third kappa shape index (κ3) is 2.30. The van der Waals surface area contributed by atoms with Crippen LogP contribution >= 0.6 is 0 Å². The van der Waals surface area contributed by atoms with E-state index in [4.69, 9.17) is 0 Å². The summed E-state index contributed by atoms with van der Waals surface area (Å²) in [6.45, 7) is 6.20. The molecule has 3 heterocycles. The maximum atomic E-state index is 4.29. The third-order valence-corrected chi connectivity index (χ3v) is 3.95. The van der Waals surface area contributed by atoms with Crippen molar-refractivity contribution in [2.75, 3.05) is 18.0 Å².